The average Bonchev–Trinajstić information content (AvgIpc) is 3.38. The molecule has 0 bridgehead atoms. The molecule has 1 N–H and O–H groups in total. The molecule has 2 saturated heterocycles. The first-order chi connectivity index (χ1) is 24.5. The van der Waals surface area contributed by atoms with Gasteiger partial charge >= 0.3 is 0 Å². The Labute approximate surface area is 294 Å². The molecule has 4 amide bonds. The smallest absolute Gasteiger partial charge is 0.262 e. The van der Waals surface area contributed by atoms with Gasteiger partial charge in [-0.2, -0.15) is 0 Å². The maximum absolute atomic E-state index is 13.4. The molecule has 3 aliphatic heterocycles. The predicted octanol–water partition coefficient (Wildman–Crippen LogP) is 3.46. The third-order valence-electron chi connectivity index (χ3n) is 10.3. The van der Waals surface area contributed by atoms with Crippen LogP contribution >= 0.6 is 0 Å². The van der Waals surface area contributed by atoms with Crippen LogP contribution in [0.3, 0.4) is 0 Å². The molecule has 1 unspecified atom stereocenters. The van der Waals surface area contributed by atoms with Gasteiger partial charge in [0.2, 0.25) is 11.8 Å². The molecule has 5 heterocycles. The number of ether oxygens (including phenoxy) is 2. The van der Waals surface area contributed by atoms with Crippen molar-refractivity contribution in [1.29, 1.82) is 0 Å². The monoisotopic (exact) mass is 692 g/mol. The summed E-state index contributed by atoms with van der Waals surface area (Å²) in [6.45, 7) is 2.17. The number of aryl methyl sites for hydroxylation is 1. The second kappa shape index (κ2) is 13.3. The number of fused-ring (bicyclic) bond motifs is 2. The Morgan fingerprint density at radius 3 is 2.20 bits per heavy atom. The molecule has 4 aromatic rings. The summed E-state index contributed by atoms with van der Waals surface area (Å²) in [5.74, 6) is 0.270. The summed E-state index contributed by atoms with van der Waals surface area (Å²) in [4.78, 5) is 73.4. The number of hydrogen-bond acceptors (Lipinski definition) is 10. The molecule has 3 aliphatic rings. The molecule has 7 rings (SSSR count). The average molecular weight is 693 g/mol. The zero-order chi connectivity index (χ0) is 36.1. The summed E-state index contributed by atoms with van der Waals surface area (Å²) >= 11 is 0. The molecule has 264 valence electrons. The van der Waals surface area contributed by atoms with Gasteiger partial charge < -0.3 is 18.9 Å². The second-order valence-corrected chi connectivity index (χ2v) is 13.6. The molecule has 51 heavy (non-hydrogen) atoms. The van der Waals surface area contributed by atoms with Gasteiger partial charge in [0.15, 0.2) is 0 Å². The summed E-state index contributed by atoms with van der Waals surface area (Å²) < 4.78 is 13.4. The lowest BCUT2D eigenvalue weighted by Crippen LogP contribution is -2.54. The van der Waals surface area contributed by atoms with Crippen LogP contribution in [0.5, 0.6) is 11.5 Å². The fourth-order valence-electron chi connectivity index (χ4n) is 7.51. The third kappa shape index (κ3) is 6.01. The molecule has 1 atom stereocenters. The van der Waals surface area contributed by atoms with E-state index in [4.69, 9.17) is 9.47 Å². The summed E-state index contributed by atoms with van der Waals surface area (Å²) in [5, 5.41) is 3.55. The van der Waals surface area contributed by atoms with Crippen molar-refractivity contribution in [2.45, 2.75) is 44.2 Å². The van der Waals surface area contributed by atoms with E-state index in [0.717, 1.165) is 64.3 Å². The van der Waals surface area contributed by atoms with E-state index in [2.05, 4.69) is 15.2 Å². The van der Waals surface area contributed by atoms with Crippen molar-refractivity contribution in [2.75, 3.05) is 46.3 Å². The van der Waals surface area contributed by atoms with Gasteiger partial charge in [-0.1, -0.05) is 6.07 Å². The molecule has 2 fully saturated rings. The molecule has 13 heteroatoms. The van der Waals surface area contributed by atoms with Crippen LogP contribution in [0.4, 0.5) is 5.82 Å². The van der Waals surface area contributed by atoms with Crippen molar-refractivity contribution in [3.05, 3.63) is 81.4 Å². The lowest BCUT2D eigenvalue weighted by atomic mass is 9.87. The fourth-order valence-corrected chi connectivity index (χ4v) is 7.51. The minimum atomic E-state index is -0.987. The van der Waals surface area contributed by atoms with Crippen molar-refractivity contribution in [1.82, 2.24) is 24.7 Å². The van der Waals surface area contributed by atoms with Crippen molar-refractivity contribution >= 4 is 40.2 Å². The first-order valence-corrected chi connectivity index (χ1v) is 17.0. The highest BCUT2D eigenvalue weighted by molar-refractivity contribution is 6.23. The summed E-state index contributed by atoms with van der Waals surface area (Å²) in [6, 6.07) is 10.3. The van der Waals surface area contributed by atoms with Gasteiger partial charge in [-0.15, -0.1) is 0 Å². The topological polar surface area (TPSA) is 143 Å². The number of anilines is 1. The Morgan fingerprint density at radius 2 is 1.55 bits per heavy atom. The number of nitrogens with zero attached hydrogens (tertiary/aromatic N) is 5. The standard InChI is InChI=1S/C38H40N6O7/c1-41(2)33-17-25-27(18-39-33)36(47)42(3)19-28(25)23-15-31(50-4)29(32(16-23)51-5)20-43-12-10-21(11-13-43)22-6-7-24-26(14-22)38(49)44(37(24)48)30-8-9-34(45)40-35(30)46/h6-7,14-19,21,30H,8-13,20H2,1-5H3,(H,40,45,46). The number of nitrogens with one attached hydrogen (secondary N) is 1. The molecular weight excluding hydrogens is 652 g/mol. The number of likely N-dealkylation sites (tertiary alicyclic amines) is 1. The molecular formula is C38H40N6O7. The lowest BCUT2D eigenvalue weighted by molar-refractivity contribution is -0.136. The van der Waals surface area contributed by atoms with Gasteiger partial charge in [-0.3, -0.25) is 39.1 Å². The number of hydrogen-bond donors (Lipinski definition) is 1. The van der Waals surface area contributed by atoms with Gasteiger partial charge in [0.25, 0.3) is 17.4 Å². The largest absolute Gasteiger partial charge is 0.496 e. The maximum atomic E-state index is 13.4. The van der Waals surface area contributed by atoms with Crippen LogP contribution in [-0.2, 0) is 23.2 Å². The lowest BCUT2D eigenvalue weighted by Gasteiger charge is -2.33. The Morgan fingerprint density at radius 1 is 0.863 bits per heavy atom. The fraction of sp³-hybridized carbons (Fsp3) is 0.368. The Bertz CT molecular complexity index is 2140. The SMILES string of the molecule is COc1cc(-c2cn(C)c(=O)c3cnc(N(C)C)cc23)cc(OC)c1CN1CCC(c2ccc3c(c2)C(=O)N(C2CCC(=O)NC2=O)C3=O)CC1. The molecule has 0 radical (unpaired) electrons. The highest BCUT2D eigenvalue weighted by Crippen LogP contribution is 2.40. The van der Waals surface area contributed by atoms with E-state index in [1.165, 1.54) is 0 Å². The Balaban J connectivity index is 1.09. The maximum Gasteiger partial charge on any atom is 0.262 e. The van der Waals surface area contributed by atoms with Crippen molar-refractivity contribution < 1.29 is 28.7 Å². The molecule has 13 nitrogen and oxygen atoms in total. The van der Waals surface area contributed by atoms with Gasteiger partial charge in [0.05, 0.1) is 36.3 Å². The van der Waals surface area contributed by atoms with E-state index in [-0.39, 0.29) is 29.9 Å². The number of rotatable bonds is 8. The summed E-state index contributed by atoms with van der Waals surface area (Å²) in [6.07, 6.45) is 5.34. The highest BCUT2D eigenvalue weighted by Gasteiger charge is 2.44. The Hall–Kier alpha value is -5.56. The van der Waals surface area contributed by atoms with E-state index in [0.29, 0.717) is 29.0 Å². The number of piperidine rings is 2. The van der Waals surface area contributed by atoms with Gasteiger partial charge in [-0.05, 0) is 79.7 Å². The zero-order valence-corrected chi connectivity index (χ0v) is 29.3. The second-order valence-electron chi connectivity index (χ2n) is 13.6. The molecule has 0 saturated carbocycles. The molecule has 2 aromatic heterocycles. The van der Waals surface area contributed by atoms with Crippen LogP contribution in [-0.4, -0.2) is 90.4 Å². The van der Waals surface area contributed by atoms with Gasteiger partial charge in [0, 0.05) is 57.5 Å². The van der Waals surface area contributed by atoms with Crippen molar-refractivity contribution in [3.63, 3.8) is 0 Å². The normalized spacial score (nSPS) is 18.3. The number of methoxy groups -OCH3 is 2. The molecule has 2 aromatic carbocycles. The van der Waals surface area contributed by atoms with E-state index < -0.39 is 29.7 Å². The number of pyridine rings is 2. The van der Waals surface area contributed by atoms with Crippen LogP contribution in [0.2, 0.25) is 0 Å². The Kier molecular flexibility index (Phi) is 8.84. The van der Waals surface area contributed by atoms with Gasteiger partial charge in [0.1, 0.15) is 23.4 Å². The van der Waals surface area contributed by atoms with Crippen molar-refractivity contribution in [3.8, 4) is 22.6 Å². The number of amides is 4. The number of imide groups is 2. The quantitative estimate of drug-likeness (QED) is 0.273. The molecule has 0 aliphatic carbocycles. The zero-order valence-electron chi connectivity index (χ0n) is 29.3. The number of benzene rings is 2. The van der Waals surface area contributed by atoms with Crippen molar-refractivity contribution in [2.24, 2.45) is 7.05 Å². The van der Waals surface area contributed by atoms with Crippen LogP contribution in [0.25, 0.3) is 21.9 Å². The third-order valence-corrected chi connectivity index (χ3v) is 10.3. The van der Waals surface area contributed by atoms with E-state index >= 15 is 0 Å². The highest BCUT2D eigenvalue weighted by atomic mass is 16.5. The van der Waals surface area contributed by atoms with E-state index in [1.807, 2.05) is 49.5 Å². The van der Waals surface area contributed by atoms with Crippen LogP contribution in [0.1, 0.15) is 63.4 Å². The minimum absolute atomic E-state index is 0.0810. The van der Waals surface area contributed by atoms with E-state index in [9.17, 15) is 24.0 Å². The predicted molar refractivity (Wildman–Crippen MR) is 190 cm³/mol. The summed E-state index contributed by atoms with van der Waals surface area (Å²) in [7, 11) is 8.83. The van der Waals surface area contributed by atoms with Crippen LogP contribution in [0.15, 0.2) is 53.6 Å². The minimum Gasteiger partial charge on any atom is -0.496 e. The summed E-state index contributed by atoms with van der Waals surface area (Å²) in [5.41, 5.74) is 4.08. The number of aromatic nitrogens is 2. The first-order valence-electron chi connectivity index (χ1n) is 17.0. The number of carbonyl (C=O) groups is 4. The van der Waals surface area contributed by atoms with Crippen LogP contribution in [0, 0.1) is 0 Å². The van der Waals surface area contributed by atoms with Gasteiger partial charge in [-0.25, -0.2) is 4.98 Å². The van der Waals surface area contributed by atoms with Crippen LogP contribution < -0.4 is 25.2 Å². The number of carbonyl (C=O) groups excluding carboxylic acids is 4. The first kappa shape index (κ1) is 33.9. The molecule has 0 spiro atoms. The van der Waals surface area contributed by atoms with E-state index in [1.54, 1.807) is 44.2 Å².